The predicted molar refractivity (Wildman–Crippen MR) is 64.1 cm³/mol. The van der Waals surface area contributed by atoms with Crippen LogP contribution < -0.4 is 5.32 Å². The van der Waals surface area contributed by atoms with Crippen LogP contribution in [0.15, 0.2) is 24.3 Å². The lowest BCUT2D eigenvalue weighted by Gasteiger charge is -2.23. The number of rotatable bonds is 3. The zero-order valence-corrected chi connectivity index (χ0v) is 10.6. The van der Waals surface area contributed by atoms with Crippen LogP contribution in [0.2, 0.25) is 0 Å². The van der Waals surface area contributed by atoms with Crippen LogP contribution in [-0.2, 0) is 11.0 Å². The van der Waals surface area contributed by atoms with Gasteiger partial charge in [0.1, 0.15) is 0 Å². The SMILES string of the molecule is CCC(C)(C)C(=O)Nc1ccccc1C(F)(F)F. The van der Waals surface area contributed by atoms with Gasteiger partial charge in [-0.15, -0.1) is 0 Å². The van der Waals surface area contributed by atoms with E-state index in [2.05, 4.69) is 5.32 Å². The van der Waals surface area contributed by atoms with Gasteiger partial charge in [0.2, 0.25) is 5.91 Å². The number of hydrogen-bond donors (Lipinski definition) is 1. The normalized spacial score (nSPS) is 12.3. The lowest BCUT2D eigenvalue weighted by atomic mass is 9.89. The van der Waals surface area contributed by atoms with Gasteiger partial charge in [-0.25, -0.2) is 0 Å². The summed E-state index contributed by atoms with van der Waals surface area (Å²) in [6.45, 7) is 5.20. The number of carbonyl (C=O) groups excluding carboxylic acids is 1. The van der Waals surface area contributed by atoms with Crippen LogP contribution in [0.1, 0.15) is 32.8 Å². The Balaban J connectivity index is 3.03. The number of hydrogen-bond acceptors (Lipinski definition) is 1. The average molecular weight is 259 g/mol. The molecule has 0 aliphatic rings. The Morgan fingerprint density at radius 1 is 1.22 bits per heavy atom. The molecule has 5 heteroatoms. The van der Waals surface area contributed by atoms with Crippen molar-refractivity contribution in [3.05, 3.63) is 29.8 Å². The minimum absolute atomic E-state index is 0.198. The summed E-state index contributed by atoms with van der Waals surface area (Å²) in [5.41, 5.74) is -1.72. The molecule has 0 aromatic heterocycles. The van der Waals surface area contributed by atoms with Gasteiger partial charge in [-0.05, 0) is 18.6 Å². The van der Waals surface area contributed by atoms with Crippen LogP contribution in [0.3, 0.4) is 0 Å². The molecule has 0 bridgehead atoms. The molecule has 1 N–H and O–H groups in total. The smallest absolute Gasteiger partial charge is 0.325 e. The van der Waals surface area contributed by atoms with E-state index in [-0.39, 0.29) is 5.69 Å². The lowest BCUT2D eigenvalue weighted by molar-refractivity contribution is -0.137. The number of amides is 1. The van der Waals surface area contributed by atoms with Crippen molar-refractivity contribution in [1.82, 2.24) is 0 Å². The maximum Gasteiger partial charge on any atom is 0.418 e. The third-order valence-electron chi connectivity index (χ3n) is 2.98. The molecular weight excluding hydrogens is 243 g/mol. The van der Waals surface area contributed by atoms with Crippen molar-refractivity contribution in [1.29, 1.82) is 0 Å². The number of benzene rings is 1. The summed E-state index contributed by atoms with van der Waals surface area (Å²) in [5.74, 6) is -0.415. The first kappa shape index (κ1) is 14.5. The van der Waals surface area contributed by atoms with Crippen molar-refractivity contribution in [3.8, 4) is 0 Å². The Hall–Kier alpha value is -1.52. The summed E-state index contributed by atoms with van der Waals surface area (Å²) in [5, 5.41) is 2.35. The van der Waals surface area contributed by atoms with Crippen LogP contribution >= 0.6 is 0 Å². The van der Waals surface area contributed by atoms with Gasteiger partial charge in [0.05, 0.1) is 11.3 Å². The van der Waals surface area contributed by atoms with Crippen molar-refractivity contribution in [2.75, 3.05) is 5.32 Å². The summed E-state index contributed by atoms with van der Waals surface area (Å²) in [4.78, 5) is 11.9. The fraction of sp³-hybridized carbons (Fsp3) is 0.462. The molecule has 0 saturated carbocycles. The molecule has 0 heterocycles. The molecule has 0 radical (unpaired) electrons. The molecule has 0 fully saturated rings. The molecular formula is C13H16F3NO. The standard InChI is InChI=1S/C13H16F3NO/c1-4-12(2,3)11(18)17-10-8-6-5-7-9(10)13(14,15)16/h5-8H,4H2,1-3H3,(H,17,18). The zero-order chi connectivity index (χ0) is 14.0. The molecule has 18 heavy (non-hydrogen) atoms. The number of carbonyl (C=O) groups is 1. The van der Waals surface area contributed by atoms with E-state index in [1.807, 2.05) is 6.92 Å². The van der Waals surface area contributed by atoms with E-state index in [0.29, 0.717) is 6.42 Å². The Kier molecular flexibility index (Phi) is 4.04. The van der Waals surface area contributed by atoms with E-state index in [1.54, 1.807) is 13.8 Å². The van der Waals surface area contributed by atoms with E-state index >= 15 is 0 Å². The largest absolute Gasteiger partial charge is 0.418 e. The Bertz CT molecular complexity index is 438. The van der Waals surface area contributed by atoms with Gasteiger partial charge >= 0.3 is 6.18 Å². The highest BCUT2D eigenvalue weighted by atomic mass is 19.4. The second-order valence-corrected chi connectivity index (χ2v) is 4.73. The van der Waals surface area contributed by atoms with Crippen molar-refractivity contribution >= 4 is 11.6 Å². The highest BCUT2D eigenvalue weighted by Gasteiger charge is 2.34. The zero-order valence-electron chi connectivity index (χ0n) is 10.6. The second kappa shape index (κ2) is 5.00. The molecule has 0 saturated heterocycles. The van der Waals surface area contributed by atoms with Gasteiger partial charge in [-0.1, -0.05) is 32.9 Å². The number of alkyl halides is 3. The Labute approximate surface area is 104 Å². The summed E-state index contributed by atoms with van der Waals surface area (Å²) >= 11 is 0. The fourth-order valence-electron chi connectivity index (χ4n) is 1.29. The van der Waals surface area contributed by atoms with Crippen LogP contribution in [0.25, 0.3) is 0 Å². The van der Waals surface area contributed by atoms with E-state index in [1.165, 1.54) is 18.2 Å². The first-order chi connectivity index (χ1) is 8.18. The predicted octanol–water partition coefficient (Wildman–Crippen LogP) is 4.08. The molecule has 100 valence electrons. The molecule has 0 atom stereocenters. The van der Waals surface area contributed by atoms with Crippen molar-refractivity contribution < 1.29 is 18.0 Å². The van der Waals surface area contributed by atoms with Crippen molar-refractivity contribution in [2.45, 2.75) is 33.4 Å². The number of nitrogens with one attached hydrogen (secondary N) is 1. The van der Waals surface area contributed by atoms with Gasteiger partial charge in [0, 0.05) is 5.41 Å². The maximum absolute atomic E-state index is 12.7. The lowest BCUT2D eigenvalue weighted by Crippen LogP contribution is -2.30. The molecule has 1 rings (SSSR count). The molecule has 2 nitrogen and oxygen atoms in total. The van der Waals surface area contributed by atoms with Crippen LogP contribution in [0, 0.1) is 5.41 Å². The van der Waals surface area contributed by atoms with Gasteiger partial charge in [-0.2, -0.15) is 13.2 Å². The first-order valence-corrected chi connectivity index (χ1v) is 5.66. The molecule has 0 aliphatic heterocycles. The third-order valence-corrected chi connectivity index (χ3v) is 2.98. The van der Waals surface area contributed by atoms with E-state index in [0.717, 1.165) is 6.07 Å². The van der Waals surface area contributed by atoms with E-state index < -0.39 is 23.1 Å². The first-order valence-electron chi connectivity index (χ1n) is 5.66. The van der Waals surface area contributed by atoms with E-state index in [4.69, 9.17) is 0 Å². The van der Waals surface area contributed by atoms with Crippen molar-refractivity contribution in [3.63, 3.8) is 0 Å². The number of halogens is 3. The summed E-state index contributed by atoms with van der Waals surface area (Å²) in [6, 6.07) is 4.97. The molecule has 0 aliphatic carbocycles. The summed E-state index contributed by atoms with van der Waals surface area (Å²) in [6.07, 6.45) is -3.92. The molecule has 0 spiro atoms. The summed E-state index contributed by atoms with van der Waals surface area (Å²) < 4.78 is 38.2. The fourth-order valence-corrected chi connectivity index (χ4v) is 1.29. The average Bonchev–Trinajstić information content (AvgIpc) is 2.28. The quantitative estimate of drug-likeness (QED) is 0.870. The molecule has 0 unspecified atom stereocenters. The van der Waals surface area contributed by atoms with Crippen LogP contribution in [0.5, 0.6) is 0 Å². The monoisotopic (exact) mass is 259 g/mol. The highest BCUT2D eigenvalue weighted by molar-refractivity contribution is 5.95. The Morgan fingerprint density at radius 3 is 2.28 bits per heavy atom. The van der Waals surface area contributed by atoms with E-state index in [9.17, 15) is 18.0 Å². The maximum atomic E-state index is 12.7. The molecule has 1 amide bonds. The third kappa shape index (κ3) is 3.24. The summed E-state index contributed by atoms with van der Waals surface area (Å²) in [7, 11) is 0. The highest BCUT2D eigenvalue weighted by Crippen LogP contribution is 2.35. The minimum atomic E-state index is -4.47. The minimum Gasteiger partial charge on any atom is -0.325 e. The number of anilines is 1. The van der Waals surface area contributed by atoms with Gasteiger partial charge in [-0.3, -0.25) is 4.79 Å². The van der Waals surface area contributed by atoms with Crippen LogP contribution in [-0.4, -0.2) is 5.91 Å². The van der Waals surface area contributed by atoms with Crippen molar-refractivity contribution in [2.24, 2.45) is 5.41 Å². The second-order valence-electron chi connectivity index (χ2n) is 4.73. The number of para-hydroxylation sites is 1. The Morgan fingerprint density at radius 2 is 1.78 bits per heavy atom. The topological polar surface area (TPSA) is 29.1 Å². The molecule has 1 aromatic carbocycles. The van der Waals surface area contributed by atoms with Gasteiger partial charge < -0.3 is 5.32 Å². The van der Waals surface area contributed by atoms with Gasteiger partial charge in [0.15, 0.2) is 0 Å². The van der Waals surface area contributed by atoms with Crippen LogP contribution in [0.4, 0.5) is 18.9 Å². The molecule has 1 aromatic rings. The van der Waals surface area contributed by atoms with Gasteiger partial charge in [0.25, 0.3) is 0 Å².